The molecule has 0 bridgehead atoms. The third-order valence-corrected chi connectivity index (χ3v) is 6.89. The predicted octanol–water partition coefficient (Wildman–Crippen LogP) is 5.38. The number of hydrogen-bond donors (Lipinski definition) is 2. The number of aromatic nitrogens is 1. The highest BCUT2D eigenvalue weighted by Crippen LogP contribution is 2.51. The van der Waals surface area contributed by atoms with Crippen LogP contribution in [-0.2, 0) is 0 Å². The van der Waals surface area contributed by atoms with Gasteiger partial charge < -0.3 is 11.1 Å². The van der Waals surface area contributed by atoms with Crippen molar-refractivity contribution in [3.05, 3.63) is 20.6 Å². The molecule has 3 N–H and O–H groups in total. The lowest BCUT2D eigenvalue weighted by molar-refractivity contribution is -0.0603. The van der Waals surface area contributed by atoms with Gasteiger partial charge in [0.1, 0.15) is 5.15 Å². The lowest BCUT2D eigenvalue weighted by Crippen LogP contribution is -2.43. The summed E-state index contributed by atoms with van der Waals surface area (Å²) in [7, 11) is 0. The zero-order valence-electron chi connectivity index (χ0n) is 13.5. The molecule has 2 heterocycles. The second-order valence-electron chi connectivity index (χ2n) is 6.03. The van der Waals surface area contributed by atoms with Crippen molar-refractivity contribution in [3.63, 3.8) is 0 Å². The molecular formula is C17H17BrClF2N3S. The first-order valence-corrected chi connectivity index (χ1v) is 9.89. The molecule has 0 aromatic carbocycles. The third kappa shape index (κ3) is 3.63. The number of nitrogens with one attached hydrogen (secondary N) is 1. The summed E-state index contributed by atoms with van der Waals surface area (Å²) in [6.45, 7) is 2.19. The van der Waals surface area contributed by atoms with Crippen molar-refractivity contribution in [1.29, 1.82) is 0 Å². The van der Waals surface area contributed by atoms with Crippen molar-refractivity contribution in [3.8, 4) is 11.8 Å². The molecule has 0 unspecified atom stereocenters. The van der Waals surface area contributed by atoms with E-state index >= 15 is 0 Å². The van der Waals surface area contributed by atoms with Gasteiger partial charge in [-0.3, -0.25) is 0 Å². The van der Waals surface area contributed by atoms with Crippen LogP contribution in [-0.4, -0.2) is 23.5 Å². The first-order chi connectivity index (χ1) is 11.8. The van der Waals surface area contributed by atoms with Gasteiger partial charge in [-0.1, -0.05) is 17.5 Å². The van der Waals surface area contributed by atoms with E-state index in [1.54, 1.807) is 13.0 Å². The van der Waals surface area contributed by atoms with E-state index in [1.165, 1.54) is 11.3 Å². The first kappa shape index (κ1) is 18.8. The van der Waals surface area contributed by atoms with Crippen molar-refractivity contribution >= 4 is 54.8 Å². The molecule has 0 spiro atoms. The molecule has 1 saturated carbocycles. The van der Waals surface area contributed by atoms with Crippen LogP contribution in [0.4, 0.5) is 14.5 Å². The number of halogens is 4. The second-order valence-corrected chi connectivity index (χ2v) is 8.26. The Morgan fingerprint density at radius 1 is 1.56 bits per heavy atom. The molecule has 0 aliphatic heterocycles. The Morgan fingerprint density at radius 3 is 3.00 bits per heavy atom. The standard InChI is InChI=1S/C17H17BrClF2N3S/c1-2-3-7-23-10-8-11(19)24-14-13(18)16(25-15(10)14)12-9(22)5-4-6-17(12,20)21/h8-9,12H,4-7,22H2,1H3,(H,23,24)/t9-,12-/m0/s1. The van der Waals surface area contributed by atoms with Crippen LogP contribution in [0, 0.1) is 11.8 Å². The summed E-state index contributed by atoms with van der Waals surface area (Å²) in [4.78, 5) is 4.85. The average Bonchev–Trinajstić information content (AvgIpc) is 2.84. The minimum Gasteiger partial charge on any atom is -0.373 e. The Hall–Kier alpha value is -0.940. The van der Waals surface area contributed by atoms with Crippen molar-refractivity contribution in [2.45, 2.75) is 44.1 Å². The first-order valence-electron chi connectivity index (χ1n) is 7.90. The summed E-state index contributed by atoms with van der Waals surface area (Å²) in [6.07, 6.45) is 0.892. The highest BCUT2D eigenvalue weighted by molar-refractivity contribution is 9.10. The molecule has 3 nitrogen and oxygen atoms in total. The Bertz CT molecular complexity index is 859. The number of anilines is 1. The average molecular weight is 449 g/mol. The van der Waals surface area contributed by atoms with E-state index in [4.69, 9.17) is 17.3 Å². The van der Waals surface area contributed by atoms with E-state index in [0.717, 1.165) is 10.4 Å². The van der Waals surface area contributed by atoms with Crippen LogP contribution in [0.25, 0.3) is 10.2 Å². The maximum Gasteiger partial charge on any atom is 0.257 e. The fourth-order valence-corrected chi connectivity index (χ4v) is 5.65. The van der Waals surface area contributed by atoms with E-state index in [0.29, 0.717) is 39.4 Å². The number of hydrogen-bond acceptors (Lipinski definition) is 4. The van der Waals surface area contributed by atoms with Crippen molar-refractivity contribution in [2.24, 2.45) is 5.73 Å². The monoisotopic (exact) mass is 447 g/mol. The molecule has 134 valence electrons. The van der Waals surface area contributed by atoms with Gasteiger partial charge in [0, 0.05) is 23.4 Å². The Labute approximate surface area is 162 Å². The van der Waals surface area contributed by atoms with Gasteiger partial charge >= 0.3 is 0 Å². The van der Waals surface area contributed by atoms with Crippen LogP contribution in [0.5, 0.6) is 0 Å². The lowest BCUT2D eigenvalue weighted by atomic mass is 9.81. The number of pyridine rings is 1. The van der Waals surface area contributed by atoms with Gasteiger partial charge in [-0.2, -0.15) is 0 Å². The van der Waals surface area contributed by atoms with E-state index in [9.17, 15) is 8.78 Å². The molecule has 3 rings (SSSR count). The van der Waals surface area contributed by atoms with Crippen LogP contribution in [0.15, 0.2) is 10.5 Å². The largest absolute Gasteiger partial charge is 0.373 e. The summed E-state index contributed by atoms with van der Waals surface area (Å²) in [5, 5.41) is 3.47. The molecule has 1 fully saturated rings. The smallest absolute Gasteiger partial charge is 0.257 e. The number of rotatable bonds is 3. The van der Waals surface area contributed by atoms with Crippen LogP contribution in [0.3, 0.4) is 0 Å². The quantitative estimate of drug-likeness (QED) is 0.490. The number of nitrogens with zero attached hydrogens (tertiary/aromatic N) is 1. The molecule has 1 aliphatic carbocycles. The van der Waals surface area contributed by atoms with Gasteiger partial charge in [-0.25, -0.2) is 13.8 Å². The summed E-state index contributed by atoms with van der Waals surface area (Å²) < 4.78 is 30.5. The van der Waals surface area contributed by atoms with E-state index < -0.39 is 17.9 Å². The highest BCUT2D eigenvalue weighted by atomic mass is 79.9. The maximum absolute atomic E-state index is 14.6. The van der Waals surface area contributed by atoms with Crippen LogP contribution >= 0.6 is 38.9 Å². The Morgan fingerprint density at radius 2 is 2.32 bits per heavy atom. The van der Waals surface area contributed by atoms with Crippen LogP contribution in [0.1, 0.15) is 37.0 Å². The van der Waals surface area contributed by atoms with Crippen molar-refractivity contribution < 1.29 is 8.78 Å². The normalized spacial score (nSPS) is 22.5. The van der Waals surface area contributed by atoms with Gasteiger partial charge in [0.05, 0.1) is 32.8 Å². The molecule has 1 aliphatic rings. The molecular weight excluding hydrogens is 432 g/mol. The fraction of sp³-hybridized carbons (Fsp3) is 0.471. The van der Waals surface area contributed by atoms with Gasteiger partial charge in [-0.15, -0.1) is 17.3 Å². The zero-order valence-corrected chi connectivity index (χ0v) is 16.7. The second kappa shape index (κ2) is 7.36. The molecule has 0 saturated heterocycles. The van der Waals surface area contributed by atoms with E-state index in [-0.39, 0.29) is 6.42 Å². The number of thiophene rings is 1. The minimum absolute atomic E-state index is 0.141. The third-order valence-electron chi connectivity index (χ3n) is 4.34. The maximum atomic E-state index is 14.6. The highest BCUT2D eigenvalue weighted by Gasteiger charge is 2.48. The minimum atomic E-state index is -2.83. The van der Waals surface area contributed by atoms with E-state index in [1.807, 2.05) is 0 Å². The van der Waals surface area contributed by atoms with Crippen LogP contribution < -0.4 is 11.1 Å². The molecule has 0 amide bonds. The zero-order chi connectivity index (χ0) is 18.2. The summed E-state index contributed by atoms with van der Waals surface area (Å²) >= 11 is 10.9. The number of nitrogens with two attached hydrogens (primary N) is 1. The van der Waals surface area contributed by atoms with Crippen molar-refractivity contribution in [1.82, 2.24) is 4.98 Å². The van der Waals surface area contributed by atoms with Gasteiger partial charge in [0.15, 0.2) is 0 Å². The number of fused-ring (bicyclic) bond motifs is 1. The summed E-state index contributed by atoms with van der Waals surface area (Å²) in [5.74, 6) is 1.87. The predicted molar refractivity (Wildman–Crippen MR) is 104 cm³/mol. The molecule has 2 atom stereocenters. The Kier molecular flexibility index (Phi) is 5.54. The molecule has 2 aromatic heterocycles. The van der Waals surface area contributed by atoms with Crippen LogP contribution in [0.2, 0.25) is 5.15 Å². The van der Waals surface area contributed by atoms with Gasteiger partial charge in [-0.05, 0) is 35.7 Å². The van der Waals surface area contributed by atoms with E-state index in [2.05, 4.69) is 38.1 Å². The topological polar surface area (TPSA) is 50.9 Å². The lowest BCUT2D eigenvalue weighted by Gasteiger charge is -2.35. The Balaban J connectivity index is 2.12. The van der Waals surface area contributed by atoms with Crippen molar-refractivity contribution in [2.75, 3.05) is 11.9 Å². The SMILES string of the molecule is CC#CCNc1cc(Cl)nc2c(Br)c([C@@H]3[C@@H](N)CCCC3(F)F)sc12. The number of alkyl halides is 2. The summed E-state index contributed by atoms with van der Waals surface area (Å²) in [5.41, 5.74) is 7.38. The summed E-state index contributed by atoms with van der Waals surface area (Å²) in [6, 6.07) is 1.11. The van der Waals surface area contributed by atoms with Gasteiger partial charge in [0.2, 0.25) is 0 Å². The molecule has 2 aromatic rings. The van der Waals surface area contributed by atoms with Gasteiger partial charge in [0.25, 0.3) is 5.92 Å². The fourth-order valence-electron chi connectivity index (χ4n) is 3.18. The molecule has 0 radical (unpaired) electrons. The molecule has 8 heteroatoms. The molecule has 25 heavy (non-hydrogen) atoms.